The summed E-state index contributed by atoms with van der Waals surface area (Å²) >= 11 is 0. The summed E-state index contributed by atoms with van der Waals surface area (Å²) in [6.07, 6.45) is 8.53. The normalized spacial score (nSPS) is 11.3. The van der Waals surface area contributed by atoms with Crippen molar-refractivity contribution in [1.29, 1.82) is 0 Å². The third kappa shape index (κ3) is 5.29. The molecule has 174 valence electrons. The molecule has 2 nitrogen and oxygen atoms in total. The third-order valence-electron chi connectivity index (χ3n) is 6.19. The maximum atomic E-state index is 6.52. The highest BCUT2D eigenvalue weighted by Crippen LogP contribution is 2.39. The number of hydrogen-bond donors (Lipinski definition) is 2. The van der Waals surface area contributed by atoms with E-state index in [1.165, 1.54) is 0 Å². The van der Waals surface area contributed by atoms with Gasteiger partial charge >= 0.3 is 0 Å². The van der Waals surface area contributed by atoms with Gasteiger partial charge in [0.25, 0.3) is 0 Å². The van der Waals surface area contributed by atoms with Crippen LogP contribution in [0.4, 0.5) is 11.4 Å². The van der Waals surface area contributed by atoms with Crippen molar-refractivity contribution in [2.45, 2.75) is 0 Å². The van der Waals surface area contributed by atoms with Crippen LogP contribution in [0.15, 0.2) is 121 Å². The van der Waals surface area contributed by atoms with Crippen molar-refractivity contribution < 1.29 is 0 Å². The molecule has 5 aromatic rings. The summed E-state index contributed by atoms with van der Waals surface area (Å²) < 4.78 is 0. The summed E-state index contributed by atoms with van der Waals surface area (Å²) in [6, 6.07) is 41.3. The first kappa shape index (κ1) is 22.9. The predicted molar refractivity (Wildman–Crippen MR) is 157 cm³/mol. The van der Waals surface area contributed by atoms with Crippen molar-refractivity contribution in [2.75, 3.05) is 11.5 Å². The van der Waals surface area contributed by atoms with Crippen molar-refractivity contribution >= 4 is 35.7 Å². The van der Waals surface area contributed by atoms with Gasteiger partial charge in [-0.1, -0.05) is 127 Å². The molecule has 0 radical (unpaired) electrons. The van der Waals surface area contributed by atoms with Gasteiger partial charge in [-0.05, 0) is 57.1 Å². The van der Waals surface area contributed by atoms with Gasteiger partial charge in [-0.15, -0.1) is 0 Å². The van der Waals surface area contributed by atoms with E-state index in [1.54, 1.807) is 0 Å². The Bertz CT molecular complexity index is 1500. The molecule has 0 aromatic heterocycles. The molecule has 0 atom stereocenters. The number of nitrogen functional groups attached to an aromatic ring is 2. The highest BCUT2D eigenvalue weighted by atomic mass is 14.6. The molecule has 0 bridgehead atoms. The fourth-order valence-corrected chi connectivity index (χ4v) is 4.31. The number of benzene rings is 5. The Balaban J connectivity index is 1.46. The zero-order valence-electron chi connectivity index (χ0n) is 20.0. The molecule has 0 saturated heterocycles. The zero-order valence-corrected chi connectivity index (χ0v) is 20.0. The van der Waals surface area contributed by atoms with E-state index in [4.69, 9.17) is 11.5 Å². The van der Waals surface area contributed by atoms with Crippen LogP contribution in [-0.4, -0.2) is 0 Å². The Morgan fingerprint density at radius 3 is 1.36 bits per heavy atom. The summed E-state index contributed by atoms with van der Waals surface area (Å²) in [7, 11) is 0. The van der Waals surface area contributed by atoms with Crippen LogP contribution in [0.5, 0.6) is 0 Å². The number of anilines is 2. The fourth-order valence-electron chi connectivity index (χ4n) is 4.31. The molecular weight excluding hydrogens is 436 g/mol. The van der Waals surface area contributed by atoms with Gasteiger partial charge in [0, 0.05) is 16.9 Å². The molecule has 0 aliphatic heterocycles. The van der Waals surface area contributed by atoms with Crippen molar-refractivity contribution in [1.82, 2.24) is 0 Å². The van der Waals surface area contributed by atoms with Gasteiger partial charge in [0.1, 0.15) is 0 Å². The largest absolute Gasteiger partial charge is 0.399 e. The first-order valence-corrected chi connectivity index (χ1v) is 12.0. The Hall–Kier alpha value is -4.82. The topological polar surface area (TPSA) is 52.0 Å². The summed E-state index contributed by atoms with van der Waals surface area (Å²) in [5.41, 5.74) is 22.8. The van der Waals surface area contributed by atoms with Gasteiger partial charge in [0.15, 0.2) is 0 Å². The Morgan fingerprint density at radius 2 is 0.833 bits per heavy atom. The van der Waals surface area contributed by atoms with E-state index in [-0.39, 0.29) is 0 Å². The van der Waals surface area contributed by atoms with Crippen LogP contribution < -0.4 is 11.5 Å². The quantitative estimate of drug-likeness (QED) is 0.195. The molecule has 0 aliphatic rings. The molecule has 5 aromatic carbocycles. The van der Waals surface area contributed by atoms with Gasteiger partial charge in [-0.3, -0.25) is 0 Å². The minimum absolute atomic E-state index is 0.773. The lowest BCUT2D eigenvalue weighted by Gasteiger charge is -2.16. The Labute approximate surface area is 212 Å². The van der Waals surface area contributed by atoms with Crippen molar-refractivity contribution in [3.05, 3.63) is 144 Å². The Morgan fingerprint density at radius 1 is 0.389 bits per heavy atom. The van der Waals surface area contributed by atoms with Gasteiger partial charge in [0.2, 0.25) is 0 Å². The zero-order chi connectivity index (χ0) is 24.7. The highest BCUT2D eigenvalue weighted by Gasteiger charge is 2.14. The summed E-state index contributed by atoms with van der Waals surface area (Å²) in [4.78, 5) is 0. The van der Waals surface area contributed by atoms with E-state index in [1.807, 2.05) is 42.5 Å². The number of rotatable bonds is 6. The second-order valence-corrected chi connectivity index (χ2v) is 8.73. The van der Waals surface area contributed by atoms with Crippen LogP contribution in [-0.2, 0) is 0 Å². The first-order chi connectivity index (χ1) is 17.7. The van der Waals surface area contributed by atoms with Crippen LogP contribution in [0, 0.1) is 0 Å². The van der Waals surface area contributed by atoms with Crippen LogP contribution >= 0.6 is 0 Å². The van der Waals surface area contributed by atoms with Crippen LogP contribution in [0.1, 0.15) is 22.3 Å². The second kappa shape index (κ2) is 10.6. The van der Waals surface area contributed by atoms with Gasteiger partial charge in [0.05, 0.1) is 0 Å². The maximum absolute atomic E-state index is 6.52. The molecule has 2 heteroatoms. The number of nitrogens with two attached hydrogens (primary N) is 2. The monoisotopic (exact) mass is 464 g/mol. The lowest BCUT2D eigenvalue weighted by molar-refractivity contribution is 1.55. The lowest BCUT2D eigenvalue weighted by Crippen LogP contribution is -1.96. The van der Waals surface area contributed by atoms with Crippen LogP contribution in [0.2, 0.25) is 0 Å². The second-order valence-electron chi connectivity index (χ2n) is 8.73. The van der Waals surface area contributed by atoms with Crippen molar-refractivity contribution in [2.24, 2.45) is 0 Å². The molecule has 5 rings (SSSR count). The molecule has 0 heterocycles. The first-order valence-electron chi connectivity index (χ1n) is 12.0. The minimum Gasteiger partial charge on any atom is -0.399 e. The van der Waals surface area contributed by atoms with E-state index in [9.17, 15) is 0 Å². The molecule has 0 spiro atoms. The van der Waals surface area contributed by atoms with E-state index < -0.39 is 0 Å². The molecule has 0 amide bonds. The van der Waals surface area contributed by atoms with Gasteiger partial charge in [-0.2, -0.15) is 0 Å². The van der Waals surface area contributed by atoms with E-state index in [0.29, 0.717) is 0 Å². The van der Waals surface area contributed by atoms with Gasteiger partial charge < -0.3 is 11.5 Å². The van der Waals surface area contributed by atoms with E-state index >= 15 is 0 Å². The fraction of sp³-hybridized carbons (Fsp3) is 0. The van der Waals surface area contributed by atoms with Gasteiger partial charge in [-0.25, -0.2) is 0 Å². The average molecular weight is 465 g/mol. The summed E-state index contributed by atoms with van der Waals surface area (Å²) in [5, 5.41) is 0. The SMILES string of the molecule is Nc1ccc(C=Cc2ccc(C=Cc3ccc(N)c(-c4ccccc4)c3-c3ccccc3)cc2)cc1. The highest BCUT2D eigenvalue weighted by molar-refractivity contribution is 5.96. The minimum atomic E-state index is 0.773. The standard InChI is InChI=1S/C34H28N2/c35-31-22-18-27(19-23-31)16-13-25-11-14-26(15-12-25)17-20-30-21-24-32(36)34(29-9-5-2-6-10-29)33(30)28-7-3-1-4-8-28/h1-24H,35-36H2. The molecule has 0 saturated carbocycles. The molecule has 0 fully saturated rings. The Kier molecular flexibility index (Phi) is 6.77. The molecule has 0 unspecified atom stereocenters. The van der Waals surface area contributed by atoms with Crippen molar-refractivity contribution in [3.8, 4) is 22.3 Å². The molecular formula is C34H28N2. The molecule has 4 N–H and O–H groups in total. The van der Waals surface area contributed by atoms with E-state index in [0.717, 1.165) is 55.9 Å². The summed E-state index contributed by atoms with van der Waals surface area (Å²) in [5.74, 6) is 0. The summed E-state index contributed by atoms with van der Waals surface area (Å²) in [6.45, 7) is 0. The lowest BCUT2D eigenvalue weighted by atomic mass is 9.89. The van der Waals surface area contributed by atoms with Crippen LogP contribution in [0.25, 0.3) is 46.6 Å². The predicted octanol–water partition coefficient (Wildman–Crippen LogP) is 8.53. The smallest absolute Gasteiger partial charge is 0.0400 e. The van der Waals surface area contributed by atoms with Crippen molar-refractivity contribution in [3.63, 3.8) is 0 Å². The van der Waals surface area contributed by atoms with E-state index in [2.05, 4.69) is 103 Å². The maximum Gasteiger partial charge on any atom is 0.0400 e. The molecule has 0 aliphatic carbocycles. The van der Waals surface area contributed by atoms with Crippen LogP contribution in [0.3, 0.4) is 0 Å². The third-order valence-corrected chi connectivity index (χ3v) is 6.19. The molecule has 36 heavy (non-hydrogen) atoms. The number of hydrogen-bond acceptors (Lipinski definition) is 2. The average Bonchev–Trinajstić information content (AvgIpc) is 2.93.